The van der Waals surface area contributed by atoms with Crippen LogP contribution in [0.4, 0.5) is 0 Å². The smallest absolute Gasteiger partial charge is 0.314 e. The molecule has 0 heterocycles. The molecule has 0 saturated carbocycles. The zero-order chi connectivity index (χ0) is 71.0. The maximum atomic E-state index is 12.8. The predicted octanol–water partition coefficient (Wildman–Crippen LogP) is 20.1. The Labute approximate surface area is 581 Å². The number of hydrogen-bond acceptors (Lipinski definition) is 12. The number of aliphatic carboxylic acids is 2. The zero-order valence-corrected chi connectivity index (χ0v) is 61.5. The number of carboxylic acid groups (broad SMARTS) is 2. The quantitative estimate of drug-likeness (QED) is 0.0160. The van der Waals surface area contributed by atoms with Crippen LogP contribution in [0.1, 0.15) is 394 Å². The Morgan fingerprint density at radius 3 is 0.547 bits per heavy atom. The Hall–Kier alpha value is -3.66. The molecule has 0 bridgehead atoms. The van der Waals surface area contributed by atoms with Gasteiger partial charge in [-0.3, -0.25) is 28.8 Å². The zero-order valence-electron chi connectivity index (χ0n) is 61.5. The third-order valence-electron chi connectivity index (χ3n) is 18.0. The summed E-state index contributed by atoms with van der Waals surface area (Å²) in [4.78, 5) is 70.2. The second-order valence-electron chi connectivity index (χ2n) is 26.9. The van der Waals surface area contributed by atoms with Gasteiger partial charge in [-0.25, -0.2) is 0 Å². The molecule has 0 aliphatic heterocycles. The Bertz CT molecular complexity index is 1650. The van der Waals surface area contributed by atoms with Crippen molar-refractivity contribution >= 4 is 35.1 Å². The fraction of sp³-hybridized carbons (Fsp3) is 0.827. The second-order valence-corrected chi connectivity index (χ2v) is 26.9. The molecule has 0 aliphatic rings. The van der Waals surface area contributed by atoms with E-state index in [2.05, 4.69) is 76.3 Å². The minimum Gasteiger partial charge on any atom is -0.481 e. The number of hydrogen-bond donors (Lipinski definition) is 8. The normalized spacial score (nSPS) is 12.6. The maximum absolute atomic E-state index is 12.8. The lowest BCUT2D eigenvalue weighted by atomic mass is 9.82. The van der Waals surface area contributed by atoms with Crippen molar-refractivity contribution in [2.24, 2.45) is 0 Å². The Kier molecular flexibility index (Phi) is 73.5. The van der Waals surface area contributed by atoms with Gasteiger partial charge in [0.25, 0.3) is 0 Å². The molecule has 8 N–H and O–H groups in total. The number of ketones is 4. The third kappa shape index (κ3) is 60.1. The highest BCUT2D eigenvalue weighted by Crippen LogP contribution is 2.25. The first-order valence-corrected chi connectivity index (χ1v) is 39.2. The number of carbonyl (C=O) groups is 6. The van der Waals surface area contributed by atoms with Gasteiger partial charge in [0, 0.05) is 25.7 Å². The van der Waals surface area contributed by atoms with Crippen LogP contribution in [-0.2, 0) is 28.8 Å². The molecular formula is C81H148O14. The number of allylic oxidation sites excluding steroid dienone is 8. The highest BCUT2D eigenvalue weighted by molar-refractivity contribution is 6.11. The van der Waals surface area contributed by atoms with Gasteiger partial charge in [0.2, 0.25) is 11.2 Å². The van der Waals surface area contributed by atoms with Crippen molar-refractivity contribution in [2.75, 3.05) is 13.2 Å². The van der Waals surface area contributed by atoms with Crippen LogP contribution in [-0.4, -0.2) is 113 Å². The molecule has 0 rings (SSSR count). The number of carboxylic acids is 2. The van der Waals surface area contributed by atoms with Gasteiger partial charge in [0.1, 0.15) is 18.6 Å². The highest BCUT2D eigenvalue weighted by atomic mass is 16.4. The van der Waals surface area contributed by atoms with Crippen LogP contribution < -0.4 is 0 Å². The van der Waals surface area contributed by atoms with Crippen molar-refractivity contribution in [2.45, 2.75) is 417 Å². The van der Waals surface area contributed by atoms with Crippen LogP contribution in [0.15, 0.2) is 48.6 Å². The molecule has 0 aromatic rings. The average molecular weight is 1350 g/mol. The largest absolute Gasteiger partial charge is 0.481 e. The Balaban J connectivity index is -0.00000161. The molecule has 95 heavy (non-hydrogen) atoms. The highest BCUT2D eigenvalue weighted by Gasteiger charge is 2.49. The molecule has 0 amide bonds. The monoisotopic (exact) mass is 1350 g/mol. The SMILES string of the molecule is CCCCCCCC/C=C\CCCCCCCC(=O)C(O)(C(=O)CCCCCCC/C=C\CCCCCCCC)C(O)CO.CCCCCCCC/C=C\CCCCCCCC(=O)C(O)(C(=O)CCCCCCC/C=C\CCCCCCCC)C(O)CO.O=C(O)CC(=O)O. The molecule has 0 aromatic carbocycles. The fourth-order valence-corrected chi connectivity index (χ4v) is 11.6. The van der Waals surface area contributed by atoms with E-state index in [0.29, 0.717) is 25.7 Å². The van der Waals surface area contributed by atoms with Crippen molar-refractivity contribution in [3.05, 3.63) is 48.6 Å². The van der Waals surface area contributed by atoms with E-state index in [1.165, 1.54) is 180 Å². The summed E-state index contributed by atoms with van der Waals surface area (Å²) in [5.41, 5.74) is -4.98. The van der Waals surface area contributed by atoms with Crippen LogP contribution in [0.2, 0.25) is 0 Å². The van der Waals surface area contributed by atoms with Gasteiger partial charge in [-0.1, -0.05) is 282 Å². The van der Waals surface area contributed by atoms with Gasteiger partial charge in [-0.2, -0.15) is 0 Å². The molecule has 0 fully saturated rings. The van der Waals surface area contributed by atoms with E-state index in [4.69, 9.17) is 10.2 Å². The lowest BCUT2D eigenvalue weighted by molar-refractivity contribution is -0.167. The van der Waals surface area contributed by atoms with Crippen molar-refractivity contribution in [1.82, 2.24) is 0 Å². The van der Waals surface area contributed by atoms with Crippen molar-refractivity contribution in [3.8, 4) is 0 Å². The summed E-state index contributed by atoms with van der Waals surface area (Å²) in [7, 11) is 0. The van der Waals surface area contributed by atoms with E-state index in [9.17, 15) is 59.4 Å². The molecule has 14 heteroatoms. The summed E-state index contributed by atoms with van der Waals surface area (Å²) in [6.45, 7) is 7.36. The number of carbonyl (C=O) groups excluding carboxylic acids is 4. The first kappa shape index (κ1) is 95.5. The number of unbranched alkanes of at least 4 members (excludes halogenated alkanes) is 44. The van der Waals surface area contributed by atoms with Gasteiger partial charge in [0.15, 0.2) is 23.1 Å². The van der Waals surface area contributed by atoms with Gasteiger partial charge < -0.3 is 40.9 Å². The standard InChI is InChI=1S/2C39H72O5.C3H4O4/c2*1-3-5-7-9-11-13-15-17-19-21-23-25-27-29-31-33-36(41)39(44,38(43)35-40)37(42)34-32-30-28-26-24-22-20-18-16-14-12-10-8-6-4-2;4-2(5)1-3(6)7/h2*17-20,38,40,43-44H,3-16,21-35H2,1-2H3;1H2,(H,4,5)(H,6,7)/b2*19-17-,20-18-;. The van der Waals surface area contributed by atoms with Crippen LogP contribution in [0.3, 0.4) is 0 Å². The molecular weight excluding hydrogens is 1200 g/mol. The van der Waals surface area contributed by atoms with E-state index < -0.39 is 78.1 Å². The summed E-state index contributed by atoms with van der Waals surface area (Å²) >= 11 is 0. The number of rotatable bonds is 70. The summed E-state index contributed by atoms with van der Waals surface area (Å²) in [6, 6.07) is 0. The van der Waals surface area contributed by atoms with E-state index in [0.717, 1.165) is 128 Å². The first-order valence-electron chi connectivity index (χ1n) is 39.2. The molecule has 0 saturated heterocycles. The minimum atomic E-state index is -2.49. The Morgan fingerprint density at radius 1 is 0.263 bits per heavy atom. The molecule has 2 atom stereocenters. The Morgan fingerprint density at radius 2 is 0.411 bits per heavy atom. The van der Waals surface area contributed by atoms with E-state index in [-0.39, 0.29) is 25.7 Å². The number of Topliss-reactive ketones (excluding diaryl/α,β-unsaturated/α-hetero) is 4. The lowest BCUT2D eigenvalue weighted by Crippen LogP contribution is -2.57. The second kappa shape index (κ2) is 73.1. The van der Waals surface area contributed by atoms with Crippen LogP contribution in [0.25, 0.3) is 0 Å². The fourth-order valence-electron chi connectivity index (χ4n) is 11.6. The van der Waals surface area contributed by atoms with Gasteiger partial charge in [0.05, 0.1) is 13.2 Å². The first-order chi connectivity index (χ1) is 46.0. The maximum Gasteiger partial charge on any atom is 0.314 e. The van der Waals surface area contributed by atoms with Crippen LogP contribution in [0, 0.1) is 0 Å². The van der Waals surface area contributed by atoms with Crippen LogP contribution in [0.5, 0.6) is 0 Å². The minimum absolute atomic E-state index is 0.0455. The summed E-state index contributed by atoms with van der Waals surface area (Å²) in [6.07, 6.45) is 73.7. The molecule has 0 spiro atoms. The summed E-state index contributed by atoms with van der Waals surface area (Å²) in [5.74, 6) is -5.26. The molecule has 556 valence electrons. The number of aliphatic hydroxyl groups excluding tert-OH is 4. The molecule has 0 aromatic heterocycles. The predicted molar refractivity (Wildman–Crippen MR) is 394 cm³/mol. The third-order valence-corrected chi connectivity index (χ3v) is 18.0. The lowest BCUT2D eigenvalue weighted by Gasteiger charge is -2.29. The topological polar surface area (TPSA) is 264 Å². The molecule has 0 aliphatic carbocycles. The van der Waals surface area contributed by atoms with Gasteiger partial charge >= 0.3 is 11.9 Å². The molecule has 14 nitrogen and oxygen atoms in total. The number of aliphatic hydroxyl groups is 6. The van der Waals surface area contributed by atoms with Crippen molar-refractivity contribution in [1.29, 1.82) is 0 Å². The average Bonchev–Trinajstić information content (AvgIpc) is 0.827. The van der Waals surface area contributed by atoms with E-state index >= 15 is 0 Å². The summed E-state index contributed by atoms with van der Waals surface area (Å²) < 4.78 is 0. The van der Waals surface area contributed by atoms with Crippen molar-refractivity contribution in [3.63, 3.8) is 0 Å². The van der Waals surface area contributed by atoms with Gasteiger partial charge in [-0.15, -0.1) is 0 Å². The van der Waals surface area contributed by atoms with Crippen LogP contribution >= 0.6 is 0 Å². The molecule has 0 radical (unpaired) electrons. The summed E-state index contributed by atoms with van der Waals surface area (Å²) in [5, 5.41) is 76.6. The molecule has 2 unspecified atom stereocenters. The van der Waals surface area contributed by atoms with Gasteiger partial charge in [-0.05, 0) is 128 Å². The van der Waals surface area contributed by atoms with E-state index in [1.807, 2.05) is 0 Å². The van der Waals surface area contributed by atoms with Crippen molar-refractivity contribution < 1.29 is 69.6 Å². The van der Waals surface area contributed by atoms with E-state index in [1.54, 1.807) is 0 Å².